The van der Waals surface area contributed by atoms with Gasteiger partial charge >= 0.3 is 0 Å². The summed E-state index contributed by atoms with van der Waals surface area (Å²) in [6, 6.07) is 0. The van der Waals surface area contributed by atoms with Gasteiger partial charge in [0.05, 0.1) is 0 Å². The van der Waals surface area contributed by atoms with Crippen molar-refractivity contribution in [1.29, 1.82) is 0 Å². The van der Waals surface area contributed by atoms with Crippen LogP contribution in [0.25, 0.3) is 11.6 Å². The van der Waals surface area contributed by atoms with Crippen molar-refractivity contribution in [3.63, 3.8) is 0 Å². The minimum atomic E-state index is -0.0400. The fourth-order valence-corrected chi connectivity index (χ4v) is 1.90. The van der Waals surface area contributed by atoms with E-state index >= 15 is 0 Å². The highest BCUT2D eigenvalue weighted by Crippen LogP contribution is 2.19. The fourth-order valence-electron chi connectivity index (χ4n) is 1.90. The summed E-state index contributed by atoms with van der Waals surface area (Å²) in [7, 11) is 0. The molecule has 0 bridgehead atoms. The molecule has 0 aliphatic heterocycles. The van der Waals surface area contributed by atoms with E-state index in [0.29, 0.717) is 0 Å². The topological polar surface area (TPSA) is 241 Å². The maximum absolute atomic E-state index is 5.75. The normalized spacial score (nSPS) is 11.8. The molecule has 0 unspecified atom stereocenters. The summed E-state index contributed by atoms with van der Waals surface area (Å²) < 4.78 is 2.50. The van der Waals surface area contributed by atoms with Gasteiger partial charge in [0.2, 0.25) is 23.8 Å². The molecule has 4 rings (SSSR count). The van der Waals surface area contributed by atoms with Gasteiger partial charge in [-0.15, -0.1) is 30.6 Å². The Morgan fingerprint density at radius 2 is 1.00 bits per heavy atom. The van der Waals surface area contributed by atoms with E-state index in [1.165, 1.54) is 8.80 Å². The summed E-state index contributed by atoms with van der Waals surface area (Å²) in [6.45, 7) is 0. The average Bonchev–Trinajstić information content (AvgIpc) is 3.08. The predicted molar refractivity (Wildman–Crippen MR) is 79.0 cm³/mol. The van der Waals surface area contributed by atoms with Crippen molar-refractivity contribution in [2.45, 2.75) is 0 Å². The van der Waals surface area contributed by atoms with Crippen LogP contribution in [0, 0.1) is 0 Å². The van der Waals surface area contributed by atoms with Crippen LogP contribution in [0.2, 0.25) is 0 Å². The van der Waals surface area contributed by atoms with Gasteiger partial charge in [-0.25, -0.2) is 8.80 Å². The highest BCUT2D eigenvalue weighted by atomic mass is 15.4. The fraction of sp³-hybridized carbons (Fsp3) is 0. The first kappa shape index (κ1) is 13.4. The van der Waals surface area contributed by atoms with Crippen molar-refractivity contribution in [2.75, 3.05) is 22.9 Å². The average molecular weight is 328 g/mol. The number of nitrogens with two attached hydrogens (primary N) is 4. The summed E-state index contributed by atoms with van der Waals surface area (Å²) in [6.07, 6.45) is 0. The monoisotopic (exact) mass is 328 g/mol. The molecule has 4 aromatic heterocycles. The smallest absolute Gasteiger partial charge is 0.278 e. The highest BCUT2D eigenvalue weighted by molar-refractivity contribution is 5.48. The van der Waals surface area contributed by atoms with Crippen molar-refractivity contribution < 1.29 is 0 Å². The number of fused-ring (bicyclic) bond motifs is 2. The Kier molecular flexibility index (Phi) is 2.59. The molecule has 4 heterocycles. The molecule has 120 valence electrons. The maximum atomic E-state index is 5.75. The highest BCUT2D eigenvalue weighted by Gasteiger charge is 2.13. The van der Waals surface area contributed by atoms with E-state index in [9.17, 15) is 0 Å². The molecule has 16 heteroatoms. The van der Waals surface area contributed by atoms with Crippen molar-refractivity contribution >= 4 is 47.2 Å². The number of hydrogen-bond donors (Lipinski definition) is 4. The number of azo groups is 1. The number of hydrogen-bond acceptors (Lipinski definition) is 14. The first-order chi connectivity index (χ1) is 11.5. The minimum Gasteiger partial charge on any atom is -0.369 e. The Bertz CT molecular complexity index is 1010. The molecule has 0 saturated carbocycles. The molecule has 16 nitrogen and oxygen atoms in total. The molecular weight excluding hydrogens is 320 g/mol. The van der Waals surface area contributed by atoms with E-state index in [1.54, 1.807) is 0 Å². The van der Waals surface area contributed by atoms with Crippen LogP contribution < -0.4 is 22.9 Å². The third-order valence-corrected chi connectivity index (χ3v) is 2.83. The zero-order valence-corrected chi connectivity index (χ0v) is 11.7. The molecular formula is C8H8N16. The third-order valence-electron chi connectivity index (χ3n) is 2.83. The lowest BCUT2D eigenvalue weighted by Gasteiger charge is -1.99. The molecule has 0 saturated heterocycles. The van der Waals surface area contributed by atoms with Crippen LogP contribution in [0.15, 0.2) is 10.2 Å². The van der Waals surface area contributed by atoms with Gasteiger partial charge in [0.1, 0.15) is 0 Å². The lowest BCUT2D eigenvalue weighted by molar-refractivity contribution is 0.966. The molecule has 0 aromatic carbocycles. The second-order valence-corrected chi connectivity index (χ2v) is 4.35. The van der Waals surface area contributed by atoms with Gasteiger partial charge in [-0.05, 0) is 0 Å². The van der Waals surface area contributed by atoms with E-state index in [2.05, 4.69) is 50.6 Å². The first-order valence-corrected chi connectivity index (χ1v) is 6.23. The Labute approximate surface area is 130 Å². The van der Waals surface area contributed by atoms with Gasteiger partial charge in [0.25, 0.3) is 23.5 Å². The van der Waals surface area contributed by atoms with Gasteiger partial charge in [-0.3, -0.25) is 0 Å². The third kappa shape index (κ3) is 1.94. The molecule has 0 amide bonds. The van der Waals surface area contributed by atoms with Crippen LogP contribution in [-0.4, -0.2) is 49.1 Å². The molecule has 0 fully saturated rings. The van der Waals surface area contributed by atoms with Crippen molar-refractivity contribution in [2.24, 2.45) is 10.2 Å². The van der Waals surface area contributed by atoms with Crippen molar-refractivity contribution in [3.05, 3.63) is 0 Å². The molecule has 4 aromatic rings. The van der Waals surface area contributed by atoms with Crippen LogP contribution in [0.4, 0.5) is 35.7 Å². The van der Waals surface area contributed by atoms with Gasteiger partial charge in [0, 0.05) is 0 Å². The van der Waals surface area contributed by atoms with Crippen molar-refractivity contribution in [3.8, 4) is 0 Å². The second kappa shape index (κ2) is 4.63. The molecule has 0 aliphatic rings. The first-order valence-electron chi connectivity index (χ1n) is 6.23. The maximum Gasteiger partial charge on any atom is 0.278 e. The Morgan fingerprint density at radius 1 is 0.583 bits per heavy atom. The van der Waals surface area contributed by atoms with Crippen molar-refractivity contribution in [1.82, 2.24) is 49.1 Å². The summed E-state index contributed by atoms with van der Waals surface area (Å²) in [5, 5.41) is 22.9. The van der Waals surface area contributed by atoms with Gasteiger partial charge in [-0.1, -0.05) is 0 Å². The predicted octanol–water partition coefficient (Wildman–Crippen LogP) is -1.90. The number of nitrogens with zero attached hydrogens (tertiary/aromatic N) is 12. The largest absolute Gasteiger partial charge is 0.369 e. The van der Waals surface area contributed by atoms with E-state index < -0.39 is 0 Å². The lowest BCUT2D eigenvalue weighted by atomic mass is 10.8. The van der Waals surface area contributed by atoms with Gasteiger partial charge in [0.15, 0.2) is 0 Å². The van der Waals surface area contributed by atoms with Crippen LogP contribution in [0.1, 0.15) is 0 Å². The minimum absolute atomic E-state index is 0.00169. The number of rotatable bonds is 2. The quantitative estimate of drug-likeness (QED) is 0.295. The van der Waals surface area contributed by atoms with Crippen LogP contribution in [0.3, 0.4) is 0 Å². The molecule has 0 aliphatic carbocycles. The van der Waals surface area contributed by atoms with Gasteiger partial charge in [-0.2, -0.15) is 19.9 Å². The number of anilines is 4. The van der Waals surface area contributed by atoms with Crippen LogP contribution in [-0.2, 0) is 0 Å². The Morgan fingerprint density at radius 3 is 1.42 bits per heavy atom. The van der Waals surface area contributed by atoms with E-state index in [4.69, 9.17) is 22.9 Å². The van der Waals surface area contributed by atoms with E-state index in [0.717, 1.165) is 0 Å². The summed E-state index contributed by atoms with van der Waals surface area (Å²) in [4.78, 5) is 15.3. The second-order valence-electron chi connectivity index (χ2n) is 4.35. The van der Waals surface area contributed by atoms with Gasteiger partial charge < -0.3 is 22.9 Å². The Hall–Kier alpha value is -4.24. The van der Waals surface area contributed by atoms with E-state index in [1.807, 2.05) is 0 Å². The molecule has 24 heavy (non-hydrogen) atoms. The number of nitrogen functional groups attached to an aromatic ring is 4. The standard InChI is InChI=1S/C8H8N16/c9-1-13-3(11)23-5(15-1)17-19-7(23)21-22-8-20-18-6-16-2(10)14-4(12)24(6)8/h(H4,9,11,13,15,17)(H4,10,12,14,16,18). The summed E-state index contributed by atoms with van der Waals surface area (Å²) >= 11 is 0. The molecule has 0 spiro atoms. The molecule has 8 N–H and O–H groups in total. The Balaban J connectivity index is 1.82. The number of aromatic nitrogens is 10. The molecule has 0 radical (unpaired) electrons. The van der Waals surface area contributed by atoms with E-state index in [-0.39, 0.29) is 47.2 Å². The summed E-state index contributed by atoms with van der Waals surface area (Å²) in [5.74, 6) is 0.176. The zero-order chi connectivity index (χ0) is 16.8. The summed E-state index contributed by atoms with van der Waals surface area (Å²) in [5.41, 5.74) is 22.4. The zero-order valence-electron chi connectivity index (χ0n) is 11.7. The van der Waals surface area contributed by atoms with Crippen LogP contribution >= 0.6 is 0 Å². The van der Waals surface area contributed by atoms with Crippen LogP contribution in [0.5, 0.6) is 0 Å². The molecule has 0 atom stereocenters. The SMILES string of the molecule is Nc1nc(N)n2c(N=Nc3nnc4nc(N)nc(N)n34)nnc2n1. The lowest BCUT2D eigenvalue weighted by Crippen LogP contribution is -2.06.